The van der Waals surface area contributed by atoms with E-state index in [0.717, 1.165) is 22.0 Å². The van der Waals surface area contributed by atoms with Gasteiger partial charge >= 0.3 is 0 Å². The highest BCUT2D eigenvalue weighted by Crippen LogP contribution is 2.27. The fourth-order valence-electron chi connectivity index (χ4n) is 2.56. The Bertz CT molecular complexity index is 1230. The van der Waals surface area contributed by atoms with Gasteiger partial charge in [-0.3, -0.25) is 9.59 Å². The number of rotatable bonds is 5. The first-order chi connectivity index (χ1) is 13.6. The van der Waals surface area contributed by atoms with Crippen LogP contribution in [-0.2, 0) is 9.59 Å². The number of benzene rings is 1. The summed E-state index contributed by atoms with van der Waals surface area (Å²) in [6.07, 6.45) is 5.36. The Hall–Kier alpha value is -3.72. The van der Waals surface area contributed by atoms with Crippen molar-refractivity contribution in [1.82, 2.24) is 19.9 Å². The van der Waals surface area contributed by atoms with Crippen molar-refractivity contribution in [3.05, 3.63) is 54.5 Å². The van der Waals surface area contributed by atoms with Crippen molar-refractivity contribution in [2.24, 2.45) is 0 Å². The lowest BCUT2D eigenvalue weighted by Crippen LogP contribution is -2.10. The molecule has 0 unspecified atom stereocenters. The maximum absolute atomic E-state index is 11.9. The molecule has 0 bridgehead atoms. The van der Waals surface area contributed by atoms with Crippen LogP contribution >= 0.6 is 11.3 Å². The number of allylic oxidation sites excluding steroid dienone is 1. The average Bonchev–Trinajstić information content (AvgIpc) is 3.15. The van der Waals surface area contributed by atoms with Crippen LogP contribution in [0.2, 0.25) is 0 Å². The molecule has 2 N–H and O–H groups in total. The minimum Gasteiger partial charge on any atom is -0.340 e. The molecule has 0 aliphatic rings. The molecular weight excluding hydrogens is 376 g/mol. The Labute approximate surface area is 163 Å². The van der Waals surface area contributed by atoms with Crippen LogP contribution in [0.5, 0.6) is 0 Å². The van der Waals surface area contributed by atoms with Crippen molar-refractivity contribution >= 4 is 61.5 Å². The molecule has 1 aromatic carbocycles. The highest BCUT2D eigenvalue weighted by molar-refractivity contribution is 7.16. The van der Waals surface area contributed by atoms with Crippen LogP contribution in [0, 0.1) is 0 Å². The van der Waals surface area contributed by atoms with Crippen molar-refractivity contribution in [2.75, 3.05) is 10.6 Å². The molecule has 4 rings (SSSR count). The molecular formula is C19H14N6O2S. The van der Waals surface area contributed by atoms with Crippen molar-refractivity contribution in [1.29, 1.82) is 0 Å². The van der Waals surface area contributed by atoms with E-state index in [-0.39, 0.29) is 5.78 Å². The lowest BCUT2D eigenvalue weighted by molar-refractivity contribution is -0.114. The zero-order valence-corrected chi connectivity index (χ0v) is 15.5. The van der Waals surface area contributed by atoms with Gasteiger partial charge in [0.1, 0.15) is 18.0 Å². The first-order valence-corrected chi connectivity index (χ1v) is 9.17. The molecule has 3 aromatic heterocycles. The van der Waals surface area contributed by atoms with Gasteiger partial charge in [0.2, 0.25) is 5.91 Å². The predicted octanol–water partition coefficient (Wildman–Crippen LogP) is 3.46. The topological polar surface area (TPSA) is 110 Å². The number of carbonyl (C=O) groups is 2. The summed E-state index contributed by atoms with van der Waals surface area (Å²) in [6, 6.07) is 7.56. The number of amides is 1. The monoisotopic (exact) mass is 390 g/mol. The molecule has 1 amide bonds. The zero-order valence-electron chi connectivity index (χ0n) is 14.7. The summed E-state index contributed by atoms with van der Waals surface area (Å²) >= 11 is 1.58. The molecule has 0 spiro atoms. The second-order valence-corrected chi connectivity index (χ2v) is 6.79. The summed E-state index contributed by atoms with van der Waals surface area (Å²) in [5, 5.41) is 6.58. The summed E-state index contributed by atoms with van der Waals surface area (Å²) in [5.41, 5.74) is 4.17. The standard InChI is InChI=1S/C19H14N6O2S/c1-11(26)2-5-18(27)25-17-7-13-15(8-20-17)21-9-22-19(13)24-12-3-4-16-14(6-12)23-10-28-16/h2-10H,1H3,(H,20,25,27)(H,21,22,24). The summed E-state index contributed by atoms with van der Waals surface area (Å²) in [6.45, 7) is 1.37. The number of aromatic nitrogens is 4. The zero-order chi connectivity index (χ0) is 19.5. The fraction of sp³-hybridized carbons (Fsp3) is 0.0526. The Morgan fingerprint density at radius 3 is 2.79 bits per heavy atom. The number of fused-ring (bicyclic) bond motifs is 2. The van der Waals surface area contributed by atoms with Crippen LogP contribution < -0.4 is 10.6 Å². The van der Waals surface area contributed by atoms with Crippen molar-refractivity contribution in [2.45, 2.75) is 6.92 Å². The molecule has 8 nitrogen and oxygen atoms in total. The van der Waals surface area contributed by atoms with Crippen LogP contribution in [0.1, 0.15) is 6.92 Å². The highest BCUT2D eigenvalue weighted by atomic mass is 32.1. The number of hydrogen-bond acceptors (Lipinski definition) is 8. The number of ketones is 1. The van der Waals surface area contributed by atoms with E-state index in [1.807, 2.05) is 18.2 Å². The maximum atomic E-state index is 11.9. The predicted molar refractivity (Wildman–Crippen MR) is 109 cm³/mol. The van der Waals surface area contributed by atoms with Crippen LogP contribution in [0.15, 0.2) is 54.5 Å². The largest absolute Gasteiger partial charge is 0.340 e. The van der Waals surface area contributed by atoms with Gasteiger partial charge in [0.05, 0.1) is 27.4 Å². The van der Waals surface area contributed by atoms with Gasteiger partial charge < -0.3 is 10.6 Å². The second-order valence-electron chi connectivity index (χ2n) is 5.90. The summed E-state index contributed by atoms with van der Waals surface area (Å²) in [5.74, 6) is 0.260. The summed E-state index contributed by atoms with van der Waals surface area (Å²) in [4.78, 5) is 39.8. The number of pyridine rings is 1. The molecule has 0 fully saturated rings. The van der Waals surface area contributed by atoms with E-state index < -0.39 is 5.91 Å². The number of nitrogens with one attached hydrogen (secondary N) is 2. The van der Waals surface area contributed by atoms with Crippen LogP contribution in [-0.4, -0.2) is 31.6 Å². The number of hydrogen-bond donors (Lipinski definition) is 2. The van der Waals surface area contributed by atoms with Crippen molar-refractivity contribution in [3.63, 3.8) is 0 Å². The lowest BCUT2D eigenvalue weighted by atomic mass is 10.2. The Morgan fingerprint density at radius 2 is 1.93 bits per heavy atom. The lowest BCUT2D eigenvalue weighted by Gasteiger charge is -2.09. The van der Waals surface area contributed by atoms with Crippen molar-refractivity contribution in [3.8, 4) is 0 Å². The third kappa shape index (κ3) is 3.84. The van der Waals surface area contributed by atoms with Crippen LogP contribution in [0.4, 0.5) is 17.3 Å². The molecule has 9 heteroatoms. The SMILES string of the molecule is CC(=O)C=CC(=O)Nc1cc2c(Nc3ccc4scnc4c3)ncnc2cn1. The van der Waals surface area contributed by atoms with Gasteiger partial charge in [-0.15, -0.1) is 11.3 Å². The number of thiazole rings is 1. The van der Waals surface area contributed by atoms with Gasteiger partial charge in [-0.05, 0) is 37.3 Å². The quantitative estimate of drug-likeness (QED) is 0.502. The second kappa shape index (κ2) is 7.49. The molecule has 0 atom stereocenters. The van der Waals surface area contributed by atoms with Crippen LogP contribution in [0.25, 0.3) is 21.1 Å². The molecule has 0 aliphatic carbocycles. The minimum atomic E-state index is -0.442. The molecule has 4 aromatic rings. The van der Waals surface area contributed by atoms with E-state index in [2.05, 4.69) is 30.6 Å². The molecule has 28 heavy (non-hydrogen) atoms. The van der Waals surface area contributed by atoms with E-state index in [4.69, 9.17) is 0 Å². The third-order valence-electron chi connectivity index (χ3n) is 3.84. The minimum absolute atomic E-state index is 0.210. The maximum Gasteiger partial charge on any atom is 0.249 e. The van der Waals surface area contributed by atoms with E-state index in [1.54, 1.807) is 29.1 Å². The Balaban J connectivity index is 1.64. The van der Waals surface area contributed by atoms with Gasteiger partial charge in [-0.25, -0.2) is 19.9 Å². The van der Waals surface area contributed by atoms with Gasteiger partial charge in [-0.2, -0.15) is 0 Å². The molecule has 0 saturated carbocycles. The smallest absolute Gasteiger partial charge is 0.249 e. The molecule has 3 heterocycles. The van der Waals surface area contributed by atoms with Gasteiger partial charge in [0, 0.05) is 17.1 Å². The summed E-state index contributed by atoms with van der Waals surface area (Å²) in [7, 11) is 0. The van der Waals surface area contributed by atoms with E-state index in [1.165, 1.54) is 19.3 Å². The number of anilines is 3. The van der Waals surface area contributed by atoms with E-state index >= 15 is 0 Å². The first-order valence-electron chi connectivity index (χ1n) is 8.29. The molecule has 0 aliphatic heterocycles. The third-order valence-corrected chi connectivity index (χ3v) is 4.65. The highest BCUT2D eigenvalue weighted by Gasteiger charge is 2.08. The molecule has 0 saturated heterocycles. The molecule has 138 valence electrons. The van der Waals surface area contributed by atoms with Gasteiger partial charge in [0.15, 0.2) is 5.78 Å². The van der Waals surface area contributed by atoms with E-state index in [9.17, 15) is 9.59 Å². The van der Waals surface area contributed by atoms with Crippen molar-refractivity contribution < 1.29 is 9.59 Å². The fourth-order valence-corrected chi connectivity index (χ4v) is 3.22. The average molecular weight is 390 g/mol. The normalized spacial score (nSPS) is 11.2. The van der Waals surface area contributed by atoms with Gasteiger partial charge in [-0.1, -0.05) is 0 Å². The van der Waals surface area contributed by atoms with Crippen LogP contribution in [0.3, 0.4) is 0 Å². The van der Waals surface area contributed by atoms with E-state index in [0.29, 0.717) is 22.5 Å². The Kier molecular flexibility index (Phi) is 4.73. The number of nitrogens with zero attached hydrogens (tertiary/aromatic N) is 4. The summed E-state index contributed by atoms with van der Waals surface area (Å²) < 4.78 is 1.10. The Morgan fingerprint density at radius 1 is 1.04 bits per heavy atom. The molecule has 0 radical (unpaired) electrons. The van der Waals surface area contributed by atoms with Gasteiger partial charge in [0.25, 0.3) is 0 Å². The number of carbonyl (C=O) groups excluding carboxylic acids is 2. The first kappa shape index (κ1) is 17.7.